The Bertz CT molecular complexity index is 569. The first kappa shape index (κ1) is 14.1. The summed E-state index contributed by atoms with van der Waals surface area (Å²) in [6.07, 6.45) is 0. The predicted octanol–water partition coefficient (Wildman–Crippen LogP) is -0.205. The molecule has 0 saturated heterocycles. The molecule has 0 saturated carbocycles. The molecule has 6 N–H and O–H groups in total. The molecular weight excluding hydrogens is 248 g/mol. The van der Waals surface area contributed by atoms with Gasteiger partial charge in [0.2, 0.25) is 5.96 Å². The van der Waals surface area contributed by atoms with Gasteiger partial charge in [0, 0.05) is 12.1 Å². The molecule has 0 spiro atoms. The molecule has 8 heteroatoms. The number of rotatable bonds is 3. The molecule has 0 aliphatic rings. The number of methoxy groups -OCH3 is 2. The average molecular weight is 262 g/mol. The van der Waals surface area contributed by atoms with Crippen LogP contribution in [0.2, 0.25) is 0 Å². The Labute approximate surface area is 110 Å². The van der Waals surface area contributed by atoms with Gasteiger partial charge in [0.15, 0.2) is 17.5 Å². The third-order valence-electron chi connectivity index (χ3n) is 2.10. The van der Waals surface area contributed by atoms with Gasteiger partial charge in [0.1, 0.15) is 6.07 Å². The van der Waals surface area contributed by atoms with Crippen LogP contribution in [0.1, 0.15) is 5.56 Å². The highest BCUT2D eigenvalue weighted by Gasteiger charge is 2.10. The van der Waals surface area contributed by atoms with Gasteiger partial charge < -0.3 is 26.7 Å². The number of benzene rings is 1. The van der Waals surface area contributed by atoms with Crippen LogP contribution >= 0.6 is 0 Å². The number of guanidine groups is 2. The second kappa shape index (κ2) is 6.11. The van der Waals surface area contributed by atoms with E-state index in [1.165, 1.54) is 26.4 Å². The highest BCUT2D eigenvalue weighted by atomic mass is 16.5. The number of hydrogen-bond donors (Lipinski definition) is 3. The highest BCUT2D eigenvalue weighted by Crippen LogP contribution is 2.34. The summed E-state index contributed by atoms with van der Waals surface area (Å²) < 4.78 is 10.2. The first-order chi connectivity index (χ1) is 9.01. The quantitative estimate of drug-likeness (QED) is 0.507. The van der Waals surface area contributed by atoms with Gasteiger partial charge in [-0.3, -0.25) is 0 Å². The second-order valence-corrected chi connectivity index (χ2v) is 3.34. The van der Waals surface area contributed by atoms with Crippen LogP contribution < -0.4 is 26.7 Å². The van der Waals surface area contributed by atoms with E-state index in [-0.39, 0.29) is 23.2 Å². The molecule has 8 nitrogen and oxygen atoms in total. The van der Waals surface area contributed by atoms with Gasteiger partial charge in [-0.1, -0.05) is 0 Å². The lowest BCUT2D eigenvalue weighted by Gasteiger charge is -2.09. The molecule has 0 fully saturated rings. The Hall–Kier alpha value is -2.95. The topological polar surface area (TPSA) is 145 Å². The van der Waals surface area contributed by atoms with Crippen molar-refractivity contribution in [2.24, 2.45) is 27.2 Å². The van der Waals surface area contributed by atoms with E-state index in [1.54, 1.807) is 0 Å². The van der Waals surface area contributed by atoms with Crippen molar-refractivity contribution in [1.29, 1.82) is 5.26 Å². The normalized spacial score (nSPS) is 10.5. The minimum absolute atomic E-state index is 0.163. The van der Waals surface area contributed by atoms with Gasteiger partial charge in [0.05, 0.1) is 25.5 Å². The number of nitrogens with zero attached hydrogens (tertiary/aromatic N) is 3. The number of nitriles is 1. The fourth-order valence-corrected chi connectivity index (χ4v) is 1.33. The molecule has 0 aromatic heterocycles. The fraction of sp³-hybridized carbons (Fsp3) is 0.182. The number of hydrogen-bond acceptors (Lipinski definition) is 4. The lowest BCUT2D eigenvalue weighted by molar-refractivity contribution is 0.355. The van der Waals surface area contributed by atoms with Gasteiger partial charge in [-0.05, 0) is 0 Å². The minimum Gasteiger partial charge on any atom is -0.493 e. The molecule has 0 unspecified atom stereocenters. The molecule has 19 heavy (non-hydrogen) atoms. The van der Waals surface area contributed by atoms with E-state index >= 15 is 0 Å². The summed E-state index contributed by atoms with van der Waals surface area (Å²) in [7, 11) is 2.94. The summed E-state index contributed by atoms with van der Waals surface area (Å²) in [5, 5.41) is 9.06. The SMILES string of the molecule is COc1cc(C#N)c(N=C(N)N=C(N)N)cc1OC. The van der Waals surface area contributed by atoms with E-state index < -0.39 is 0 Å². The van der Waals surface area contributed by atoms with Crippen LogP contribution in [0.3, 0.4) is 0 Å². The molecule has 0 aliphatic heterocycles. The molecule has 0 atom stereocenters. The lowest BCUT2D eigenvalue weighted by Crippen LogP contribution is -2.26. The Morgan fingerprint density at radius 2 is 1.74 bits per heavy atom. The van der Waals surface area contributed by atoms with Gasteiger partial charge in [0.25, 0.3) is 0 Å². The maximum Gasteiger partial charge on any atom is 0.223 e. The summed E-state index contributed by atoms with van der Waals surface area (Å²) in [4.78, 5) is 7.51. The van der Waals surface area contributed by atoms with Crippen LogP contribution in [-0.2, 0) is 0 Å². The van der Waals surface area contributed by atoms with Crippen LogP contribution in [-0.4, -0.2) is 26.1 Å². The smallest absolute Gasteiger partial charge is 0.223 e. The van der Waals surface area contributed by atoms with Gasteiger partial charge in [-0.15, -0.1) is 0 Å². The second-order valence-electron chi connectivity index (χ2n) is 3.34. The molecule has 0 heterocycles. The van der Waals surface area contributed by atoms with Gasteiger partial charge in [-0.2, -0.15) is 10.3 Å². The van der Waals surface area contributed by atoms with Crippen molar-refractivity contribution in [3.05, 3.63) is 17.7 Å². The summed E-state index contributed by atoms with van der Waals surface area (Å²) in [6, 6.07) is 4.96. The van der Waals surface area contributed by atoms with E-state index in [4.69, 9.17) is 31.9 Å². The van der Waals surface area contributed by atoms with Crippen molar-refractivity contribution in [2.75, 3.05) is 14.2 Å². The molecule has 1 rings (SSSR count). The van der Waals surface area contributed by atoms with Crippen LogP contribution in [0, 0.1) is 11.3 Å². The minimum atomic E-state index is -0.222. The number of ether oxygens (including phenoxy) is 2. The van der Waals surface area contributed by atoms with Gasteiger partial charge in [-0.25, -0.2) is 4.99 Å². The first-order valence-electron chi connectivity index (χ1n) is 5.11. The maximum absolute atomic E-state index is 9.06. The van der Waals surface area contributed by atoms with Crippen molar-refractivity contribution < 1.29 is 9.47 Å². The van der Waals surface area contributed by atoms with Crippen molar-refractivity contribution in [3.63, 3.8) is 0 Å². The van der Waals surface area contributed by atoms with Crippen molar-refractivity contribution in [1.82, 2.24) is 0 Å². The maximum atomic E-state index is 9.06. The van der Waals surface area contributed by atoms with Crippen molar-refractivity contribution in [3.8, 4) is 17.6 Å². The predicted molar refractivity (Wildman–Crippen MR) is 71.4 cm³/mol. The van der Waals surface area contributed by atoms with Crippen LogP contribution in [0.15, 0.2) is 22.1 Å². The zero-order valence-electron chi connectivity index (χ0n) is 10.5. The molecular formula is C11H14N6O2. The Balaban J connectivity index is 3.35. The van der Waals surface area contributed by atoms with E-state index in [2.05, 4.69) is 9.98 Å². The zero-order valence-corrected chi connectivity index (χ0v) is 10.5. The Morgan fingerprint density at radius 1 is 1.16 bits per heavy atom. The summed E-state index contributed by atoms with van der Waals surface area (Å²) in [5.41, 5.74) is 16.4. The summed E-state index contributed by atoms with van der Waals surface area (Å²) in [5.74, 6) is 0.445. The monoisotopic (exact) mass is 262 g/mol. The first-order valence-corrected chi connectivity index (χ1v) is 5.11. The third kappa shape index (κ3) is 3.50. The molecule has 1 aromatic rings. The number of aliphatic imine (C=N–C) groups is 2. The third-order valence-corrected chi connectivity index (χ3v) is 2.10. The van der Waals surface area contributed by atoms with E-state index in [0.29, 0.717) is 11.5 Å². The van der Waals surface area contributed by atoms with E-state index in [9.17, 15) is 0 Å². The fourth-order valence-electron chi connectivity index (χ4n) is 1.33. The molecule has 1 aromatic carbocycles. The largest absolute Gasteiger partial charge is 0.493 e. The lowest BCUT2D eigenvalue weighted by atomic mass is 10.1. The molecule has 100 valence electrons. The zero-order chi connectivity index (χ0) is 14.4. The molecule has 0 amide bonds. The Kier molecular flexibility index (Phi) is 4.54. The van der Waals surface area contributed by atoms with Crippen LogP contribution in [0.5, 0.6) is 11.5 Å². The van der Waals surface area contributed by atoms with Crippen molar-refractivity contribution >= 4 is 17.6 Å². The summed E-state index contributed by atoms with van der Waals surface area (Å²) in [6.45, 7) is 0. The van der Waals surface area contributed by atoms with E-state index in [0.717, 1.165) is 0 Å². The van der Waals surface area contributed by atoms with Crippen LogP contribution in [0.4, 0.5) is 5.69 Å². The molecule has 0 radical (unpaired) electrons. The Morgan fingerprint density at radius 3 is 2.21 bits per heavy atom. The molecule has 0 aliphatic carbocycles. The van der Waals surface area contributed by atoms with Crippen LogP contribution in [0.25, 0.3) is 0 Å². The van der Waals surface area contributed by atoms with Crippen molar-refractivity contribution in [2.45, 2.75) is 0 Å². The summed E-state index contributed by atoms with van der Waals surface area (Å²) >= 11 is 0. The van der Waals surface area contributed by atoms with E-state index in [1.807, 2.05) is 6.07 Å². The molecule has 0 bridgehead atoms. The average Bonchev–Trinajstić information content (AvgIpc) is 2.37. The number of nitrogens with two attached hydrogens (primary N) is 3. The highest BCUT2D eigenvalue weighted by molar-refractivity contribution is 5.94. The standard InChI is InChI=1S/C11H14N6O2/c1-18-8-3-6(5-12)7(4-9(8)19-2)16-11(15)17-10(13)14/h3-4H,1-2H3,(H6,13,14,15,16,17). The van der Waals surface area contributed by atoms with Gasteiger partial charge >= 0.3 is 0 Å².